The third kappa shape index (κ3) is 3.02. The number of likely N-dealkylation sites (tertiary alicyclic amines) is 1. The minimum Gasteiger partial charge on any atom is -0.303 e. The van der Waals surface area contributed by atoms with Gasteiger partial charge in [0.1, 0.15) is 4.90 Å². The maximum atomic E-state index is 12.6. The molecule has 0 aliphatic carbocycles. The van der Waals surface area contributed by atoms with Crippen LogP contribution in [0.2, 0.25) is 0 Å². The molecular formula is C14H23N3O2S. The summed E-state index contributed by atoms with van der Waals surface area (Å²) in [5, 5.41) is 0. The summed E-state index contributed by atoms with van der Waals surface area (Å²) in [5.41, 5.74) is 0. The fourth-order valence-corrected chi connectivity index (χ4v) is 4.34. The molecule has 112 valence electrons. The zero-order valence-corrected chi connectivity index (χ0v) is 13.2. The average Bonchev–Trinajstić information content (AvgIpc) is 2.47. The summed E-state index contributed by atoms with van der Waals surface area (Å²) >= 11 is 0. The maximum absolute atomic E-state index is 12.6. The molecule has 0 spiro atoms. The number of nitrogens with zero attached hydrogens (tertiary/aromatic N) is 3. The van der Waals surface area contributed by atoms with Crippen molar-refractivity contribution in [2.75, 3.05) is 26.7 Å². The first kappa shape index (κ1) is 15.4. The minimum absolute atomic E-state index is 0.0583. The van der Waals surface area contributed by atoms with Gasteiger partial charge in [-0.3, -0.25) is 4.98 Å². The van der Waals surface area contributed by atoms with Gasteiger partial charge in [-0.2, -0.15) is 4.31 Å². The van der Waals surface area contributed by atoms with Crippen LogP contribution in [0.15, 0.2) is 29.4 Å². The smallest absolute Gasteiger partial charge is 0.244 e. The van der Waals surface area contributed by atoms with E-state index >= 15 is 0 Å². The van der Waals surface area contributed by atoms with Gasteiger partial charge >= 0.3 is 0 Å². The lowest BCUT2D eigenvalue weighted by Gasteiger charge is -2.40. The van der Waals surface area contributed by atoms with Crippen molar-refractivity contribution in [3.63, 3.8) is 0 Å². The molecule has 0 aromatic carbocycles. The highest BCUT2D eigenvalue weighted by Crippen LogP contribution is 2.25. The van der Waals surface area contributed by atoms with Crippen molar-refractivity contribution in [2.24, 2.45) is 5.92 Å². The predicted molar refractivity (Wildman–Crippen MR) is 78.9 cm³/mol. The second-order valence-electron chi connectivity index (χ2n) is 5.44. The van der Waals surface area contributed by atoms with Crippen LogP contribution >= 0.6 is 0 Å². The minimum atomic E-state index is -3.44. The molecule has 5 nitrogen and oxygen atoms in total. The Morgan fingerprint density at radius 3 is 2.80 bits per heavy atom. The Hall–Kier alpha value is -0.980. The Balaban J connectivity index is 2.17. The van der Waals surface area contributed by atoms with E-state index in [2.05, 4.69) is 23.7 Å². The highest BCUT2D eigenvalue weighted by molar-refractivity contribution is 7.89. The third-order valence-corrected chi connectivity index (χ3v) is 6.04. The first-order chi connectivity index (χ1) is 9.46. The molecule has 2 heterocycles. The molecule has 1 aromatic rings. The number of sulfonamides is 1. The molecule has 1 fully saturated rings. The molecule has 1 aliphatic heterocycles. The summed E-state index contributed by atoms with van der Waals surface area (Å²) in [6.07, 6.45) is 3.88. The number of rotatable bonds is 4. The molecule has 0 radical (unpaired) electrons. The van der Waals surface area contributed by atoms with Crippen LogP contribution in [-0.2, 0) is 10.0 Å². The average molecular weight is 297 g/mol. The standard InChI is InChI=1S/C14H23N3O2S/c1-4-17-9-7-14(12(2)11-17)16(3)20(18,19)13-6-5-8-15-10-13/h5-6,8,10,12,14H,4,7,9,11H2,1-3H3/t12-,14-/m1/s1. The molecule has 0 saturated carbocycles. The van der Waals surface area contributed by atoms with Gasteiger partial charge < -0.3 is 4.90 Å². The van der Waals surface area contributed by atoms with E-state index in [9.17, 15) is 8.42 Å². The van der Waals surface area contributed by atoms with Gasteiger partial charge in [0.15, 0.2) is 0 Å². The maximum Gasteiger partial charge on any atom is 0.244 e. The summed E-state index contributed by atoms with van der Waals surface area (Å²) < 4.78 is 26.7. The monoisotopic (exact) mass is 297 g/mol. The molecule has 6 heteroatoms. The first-order valence-electron chi connectivity index (χ1n) is 7.07. The van der Waals surface area contributed by atoms with E-state index in [1.165, 1.54) is 10.5 Å². The van der Waals surface area contributed by atoms with Crippen LogP contribution < -0.4 is 0 Å². The molecule has 2 rings (SSSR count). The van der Waals surface area contributed by atoms with Crippen molar-refractivity contribution in [3.05, 3.63) is 24.5 Å². The van der Waals surface area contributed by atoms with Gasteiger partial charge in [0.05, 0.1) is 0 Å². The van der Waals surface area contributed by atoms with Crippen molar-refractivity contribution in [2.45, 2.75) is 31.2 Å². The van der Waals surface area contributed by atoms with Crippen LogP contribution in [0.3, 0.4) is 0 Å². The Labute approximate surface area is 121 Å². The van der Waals surface area contributed by atoms with E-state index < -0.39 is 10.0 Å². The highest BCUT2D eigenvalue weighted by atomic mass is 32.2. The molecule has 0 unspecified atom stereocenters. The lowest BCUT2D eigenvalue weighted by atomic mass is 9.94. The number of hydrogen-bond acceptors (Lipinski definition) is 4. The fraction of sp³-hybridized carbons (Fsp3) is 0.643. The predicted octanol–water partition coefficient (Wildman–Crippen LogP) is 1.43. The molecular weight excluding hydrogens is 274 g/mol. The number of hydrogen-bond donors (Lipinski definition) is 0. The van der Waals surface area contributed by atoms with Crippen LogP contribution in [0.5, 0.6) is 0 Å². The number of piperidine rings is 1. The summed E-state index contributed by atoms with van der Waals surface area (Å²) in [6, 6.07) is 3.32. The Morgan fingerprint density at radius 1 is 1.50 bits per heavy atom. The summed E-state index contributed by atoms with van der Waals surface area (Å²) in [5.74, 6) is 0.333. The normalized spacial score (nSPS) is 25.0. The quantitative estimate of drug-likeness (QED) is 0.844. The van der Waals surface area contributed by atoms with E-state index in [-0.39, 0.29) is 10.9 Å². The van der Waals surface area contributed by atoms with Crippen LogP contribution in [0, 0.1) is 5.92 Å². The SMILES string of the molecule is CCN1CC[C@@H](N(C)S(=O)(=O)c2cccnc2)[C@H](C)C1. The van der Waals surface area contributed by atoms with Crippen molar-refractivity contribution >= 4 is 10.0 Å². The molecule has 20 heavy (non-hydrogen) atoms. The van der Waals surface area contributed by atoms with Crippen LogP contribution in [0.25, 0.3) is 0 Å². The Bertz CT molecular complexity index is 533. The summed E-state index contributed by atoms with van der Waals surface area (Å²) in [6.45, 7) is 7.20. The number of pyridine rings is 1. The topological polar surface area (TPSA) is 53.5 Å². The van der Waals surface area contributed by atoms with Gasteiger partial charge in [0.25, 0.3) is 0 Å². The second-order valence-corrected chi connectivity index (χ2v) is 7.43. The van der Waals surface area contributed by atoms with Crippen LogP contribution in [-0.4, -0.2) is 55.3 Å². The van der Waals surface area contributed by atoms with Gasteiger partial charge in [0.2, 0.25) is 10.0 Å². The van der Waals surface area contributed by atoms with Gasteiger partial charge in [0, 0.05) is 32.0 Å². The molecule has 0 amide bonds. The van der Waals surface area contributed by atoms with Gasteiger partial charge in [-0.1, -0.05) is 13.8 Å². The molecule has 2 atom stereocenters. The van der Waals surface area contributed by atoms with E-state index in [0.717, 1.165) is 26.1 Å². The molecule has 0 bridgehead atoms. The number of aromatic nitrogens is 1. The van der Waals surface area contributed by atoms with Crippen LogP contribution in [0.4, 0.5) is 0 Å². The second kappa shape index (κ2) is 6.20. The summed E-state index contributed by atoms with van der Waals surface area (Å²) in [7, 11) is -1.76. The third-order valence-electron chi connectivity index (χ3n) is 4.17. The van der Waals surface area contributed by atoms with Crippen molar-refractivity contribution in [1.82, 2.24) is 14.2 Å². The van der Waals surface area contributed by atoms with E-state index in [1.807, 2.05) is 0 Å². The Kier molecular flexibility index (Phi) is 4.78. The zero-order valence-electron chi connectivity index (χ0n) is 12.4. The highest BCUT2D eigenvalue weighted by Gasteiger charge is 2.34. The zero-order chi connectivity index (χ0) is 14.8. The van der Waals surface area contributed by atoms with E-state index in [1.54, 1.807) is 25.4 Å². The summed E-state index contributed by atoms with van der Waals surface area (Å²) in [4.78, 5) is 6.55. The van der Waals surface area contributed by atoms with Crippen LogP contribution in [0.1, 0.15) is 20.3 Å². The van der Waals surface area contributed by atoms with Gasteiger partial charge in [-0.25, -0.2) is 8.42 Å². The lowest BCUT2D eigenvalue weighted by molar-refractivity contribution is 0.123. The molecule has 1 aliphatic rings. The molecule has 1 saturated heterocycles. The Morgan fingerprint density at radius 2 is 2.25 bits per heavy atom. The van der Waals surface area contributed by atoms with Crippen molar-refractivity contribution in [3.8, 4) is 0 Å². The van der Waals surface area contributed by atoms with E-state index in [4.69, 9.17) is 0 Å². The van der Waals surface area contributed by atoms with Crippen molar-refractivity contribution in [1.29, 1.82) is 0 Å². The van der Waals surface area contributed by atoms with Crippen molar-refractivity contribution < 1.29 is 8.42 Å². The first-order valence-corrected chi connectivity index (χ1v) is 8.51. The lowest BCUT2D eigenvalue weighted by Crippen LogP contribution is -2.50. The van der Waals surface area contributed by atoms with Gasteiger partial charge in [-0.05, 0) is 37.6 Å². The molecule has 0 N–H and O–H groups in total. The fourth-order valence-electron chi connectivity index (χ4n) is 2.89. The molecule has 1 aromatic heterocycles. The van der Waals surface area contributed by atoms with E-state index in [0.29, 0.717) is 5.92 Å². The van der Waals surface area contributed by atoms with Gasteiger partial charge in [-0.15, -0.1) is 0 Å². The largest absolute Gasteiger partial charge is 0.303 e.